The lowest BCUT2D eigenvalue weighted by molar-refractivity contribution is 0.0792. The minimum absolute atomic E-state index is 0.0165. The van der Waals surface area contributed by atoms with Gasteiger partial charge in [0.25, 0.3) is 5.91 Å². The van der Waals surface area contributed by atoms with Crippen molar-refractivity contribution in [1.82, 2.24) is 4.90 Å². The van der Waals surface area contributed by atoms with E-state index in [9.17, 15) is 27.1 Å². The average Bonchev–Trinajstić information content (AvgIpc) is 3.32. The molecule has 3 aromatic carbocycles. The van der Waals surface area contributed by atoms with Crippen molar-refractivity contribution in [3.8, 4) is 16.9 Å². The minimum Gasteiger partial charge on any atom is -0.505 e. The van der Waals surface area contributed by atoms with Gasteiger partial charge in [0.15, 0.2) is 15.6 Å². The van der Waals surface area contributed by atoms with Gasteiger partial charge in [0, 0.05) is 35.8 Å². The van der Waals surface area contributed by atoms with Gasteiger partial charge >= 0.3 is 0 Å². The molecule has 1 saturated heterocycles. The summed E-state index contributed by atoms with van der Waals surface area (Å²) in [6, 6.07) is 12.4. The fourth-order valence-electron chi connectivity index (χ4n) is 3.86. The van der Waals surface area contributed by atoms with Crippen LogP contribution in [0, 0.1) is 11.6 Å². The number of carbonyl (C=O) groups excluding carboxylic acids is 1. The van der Waals surface area contributed by atoms with Crippen LogP contribution in [0.4, 0.5) is 8.78 Å². The summed E-state index contributed by atoms with van der Waals surface area (Å²) in [7, 11) is -4.35. The zero-order valence-electron chi connectivity index (χ0n) is 17.4. The van der Waals surface area contributed by atoms with Crippen molar-refractivity contribution in [3.63, 3.8) is 0 Å². The first-order valence-corrected chi connectivity index (χ1v) is 12.3. The summed E-state index contributed by atoms with van der Waals surface area (Å²) in [5, 5.41) is 10.0. The number of nitrogens with zero attached hydrogens (tertiary/aromatic N) is 1. The van der Waals surface area contributed by atoms with Crippen molar-refractivity contribution >= 4 is 27.3 Å². The SMILES string of the molecule is O=C(c1cc(Cl)c(O)c(S(=O)(=O)Cc2cc(-c3ccccc3)c(F)cc2F)c1)N1CCCC1. The number of benzene rings is 3. The molecule has 0 unspecified atom stereocenters. The topological polar surface area (TPSA) is 74.7 Å². The van der Waals surface area contributed by atoms with Gasteiger partial charge in [0.1, 0.15) is 16.5 Å². The largest absolute Gasteiger partial charge is 0.505 e. The van der Waals surface area contributed by atoms with Gasteiger partial charge < -0.3 is 10.0 Å². The van der Waals surface area contributed by atoms with Crippen LogP contribution in [0.15, 0.2) is 59.5 Å². The van der Waals surface area contributed by atoms with E-state index >= 15 is 0 Å². The van der Waals surface area contributed by atoms with E-state index in [-0.39, 0.29) is 21.7 Å². The Kier molecular flexibility index (Phi) is 6.41. The average molecular weight is 492 g/mol. The number of hydrogen-bond acceptors (Lipinski definition) is 4. The summed E-state index contributed by atoms with van der Waals surface area (Å²) in [6.45, 7) is 1.09. The van der Waals surface area contributed by atoms with Crippen molar-refractivity contribution in [2.45, 2.75) is 23.5 Å². The number of aromatic hydroxyl groups is 1. The number of carbonyl (C=O) groups is 1. The summed E-state index contributed by atoms with van der Waals surface area (Å²) >= 11 is 6.03. The highest BCUT2D eigenvalue weighted by Crippen LogP contribution is 2.36. The van der Waals surface area contributed by atoms with E-state index in [1.165, 1.54) is 6.07 Å². The monoisotopic (exact) mass is 491 g/mol. The summed E-state index contributed by atoms with van der Waals surface area (Å²) < 4.78 is 55.2. The molecule has 0 spiro atoms. The molecule has 0 radical (unpaired) electrons. The molecule has 0 saturated carbocycles. The van der Waals surface area contributed by atoms with Gasteiger partial charge in [-0.1, -0.05) is 41.9 Å². The molecule has 33 heavy (non-hydrogen) atoms. The summed E-state index contributed by atoms with van der Waals surface area (Å²) in [5.41, 5.74) is 0.241. The molecule has 0 aromatic heterocycles. The second kappa shape index (κ2) is 9.11. The molecule has 1 aliphatic heterocycles. The van der Waals surface area contributed by atoms with Gasteiger partial charge in [-0.3, -0.25) is 4.79 Å². The number of hydrogen-bond donors (Lipinski definition) is 1. The number of phenols is 1. The lowest BCUT2D eigenvalue weighted by Crippen LogP contribution is -2.27. The van der Waals surface area contributed by atoms with Crippen LogP contribution in [-0.2, 0) is 15.6 Å². The smallest absolute Gasteiger partial charge is 0.253 e. The third-order valence-electron chi connectivity index (χ3n) is 5.57. The number of likely N-dealkylation sites (tertiary alicyclic amines) is 1. The van der Waals surface area contributed by atoms with Gasteiger partial charge in [-0.15, -0.1) is 0 Å². The maximum atomic E-state index is 14.5. The van der Waals surface area contributed by atoms with Crippen LogP contribution in [0.2, 0.25) is 5.02 Å². The highest BCUT2D eigenvalue weighted by atomic mass is 35.5. The highest BCUT2D eigenvalue weighted by Gasteiger charge is 2.28. The molecule has 1 N–H and O–H groups in total. The van der Waals surface area contributed by atoms with Crippen LogP contribution in [-0.4, -0.2) is 37.4 Å². The zero-order chi connectivity index (χ0) is 23.8. The molecule has 1 fully saturated rings. The number of sulfone groups is 1. The Morgan fingerprint density at radius 2 is 1.67 bits per heavy atom. The van der Waals surface area contributed by atoms with Crippen molar-refractivity contribution < 1.29 is 27.1 Å². The number of halogens is 3. The third kappa shape index (κ3) is 4.72. The predicted molar refractivity (Wildman–Crippen MR) is 121 cm³/mol. The minimum atomic E-state index is -4.35. The molecule has 0 aliphatic carbocycles. The molecule has 9 heteroatoms. The van der Waals surface area contributed by atoms with Gasteiger partial charge in [-0.2, -0.15) is 0 Å². The van der Waals surface area contributed by atoms with Crippen LogP contribution in [0.1, 0.15) is 28.8 Å². The fourth-order valence-corrected chi connectivity index (χ4v) is 5.64. The summed E-state index contributed by atoms with van der Waals surface area (Å²) in [5.74, 6) is -3.84. The first kappa shape index (κ1) is 23.2. The Balaban J connectivity index is 1.73. The first-order chi connectivity index (χ1) is 15.7. The highest BCUT2D eigenvalue weighted by molar-refractivity contribution is 7.90. The van der Waals surface area contributed by atoms with Crippen molar-refractivity contribution in [2.24, 2.45) is 0 Å². The maximum Gasteiger partial charge on any atom is 0.253 e. The molecule has 0 bridgehead atoms. The van der Waals surface area contributed by atoms with E-state index in [0.29, 0.717) is 24.7 Å². The van der Waals surface area contributed by atoms with E-state index in [2.05, 4.69) is 0 Å². The van der Waals surface area contributed by atoms with Crippen LogP contribution < -0.4 is 0 Å². The normalized spacial score (nSPS) is 14.0. The molecule has 1 heterocycles. The molecule has 5 nitrogen and oxygen atoms in total. The van der Waals surface area contributed by atoms with Crippen molar-refractivity contribution in [3.05, 3.63) is 82.4 Å². The summed E-state index contributed by atoms with van der Waals surface area (Å²) in [4.78, 5) is 13.7. The second-order valence-corrected chi connectivity index (χ2v) is 10.2. The molecular formula is C24H20ClF2NO4S. The standard InChI is InChI=1S/C24H20ClF2NO4S/c25-19-11-16(24(30)28-8-4-5-9-28)12-22(23(19)29)33(31,32)14-17-10-18(21(27)13-20(17)26)15-6-2-1-3-7-15/h1-3,6-7,10-13,29H,4-5,8-9,14H2. The number of amides is 1. The Morgan fingerprint density at radius 1 is 1.00 bits per heavy atom. The summed E-state index contributed by atoms with van der Waals surface area (Å²) in [6.07, 6.45) is 1.69. The second-order valence-electron chi connectivity index (χ2n) is 7.85. The van der Waals surface area contributed by atoms with Crippen LogP contribution in [0.3, 0.4) is 0 Å². The molecule has 4 rings (SSSR count). The van der Waals surface area contributed by atoms with Crippen molar-refractivity contribution in [1.29, 1.82) is 0 Å². The molecule has 0 atom stereocenters. The van der Waals surface area contributed by atoms with Crippen molar-refractivity contribution in [2.75, 3.05) is 13.1 Å². The zero-order valence-corrected chi connectivity index (χ0v) is 19.0. The Hall–Kier alpha value is -2.97. The quantitative estimate of drug-likeness (QED) is 0.532. The Labute approximate surface area is 195 Å². The molecule has 3 aromatic rings. The lowest BCUT2D eigenvalue weighted by atomic mass is 10.0. The molecule has 1 amide bonds. The van der Waals surface area contributed by atoms with E-state index in [4.69, 9.17) is 11.6 Å². The Bertz CT molecular complexity index is 1320. The number of rotatable bonds is 5. The molecular weight excluding hydrogens is 472 g/mol. The Morgan fingerprint density at radius 3 is 2.33 bits per heavy atom. The van der Waals surface area contributed by atoms with E-state index < -0.39 is 43.8 Å². The van der Waals surface area contributed by atoms with E-state index in [0.717, 1.165) is 25.0 Å². The van der Waals surface area contributed by atoms with Crippen LogP contribution in [0.25, 0.3) is 11.1 Å². The van der Waals surface area contributed by atoms with E-state index in [1.807, 2.05) is 0 Å². The fraction of sp³-hybridized carbons (Fsp3) is 0.208. The van der Waals surface area contributed by atoms with Gasteiger partial charge in [0.05, 0.1) is 10.8 Å². The lowest BCUT2D eigenvalue weighted by Gasteiger charge is -2.17. The first-order valence-electron chi connectivity index (χ1n) is 10.3. The van der Waals surface area contributed by atoms with Gasteiger partial charge in [-0.05, 0) is 36.6 Å². The van der Waals surface area contributed by atoms with Crippen LogP contribution >= 0.6 is 11.6 Å². The molecule has 1 aliphatic rings. The maximum absolute atomic E-state index is 14.5. The van der Waals surface area contributed by atoms with Gasteiger partial charge in [0.2, 0.25) is 0 Å². The predicted octanol–water partition coefficient (Wildman–Crippen LogP) is 5.20. The van der Waals surface area contributed by atoms with Crippen LogP contribution in [0.5, 0.6) is 5.75 Å². The molecule has 172 valence electrons. The van der Waals surface area contributed by atoms with E-state index in [1.54, 1.807) is 35.2 Å². The third-order valence-corrected chi connectivity index (χ3v) is 7.53. The van der Waals surface area contributed by atoms with Gasteiger partial charge in [-0.25, -0.2) is 17.2 Å². The number of phenolic OH excluding ortho intramolecular Hbond substituents is 1.